The number of carboxylic acids is 1. The number of non-ortho nitro benzene ring substituents is 1. The summed E-state index contributed by atoms with van der Waals surface area (Å²) in [6.45, 7) is 3.99. The number of benzene rings is 1. The van der Waals surface area contributed by atoms with Crippen LogP contribution in [0.25, 0.3) is 0 Å². The molecule has 0 aromatic heterocycles. The summed E-state index contributed by atoms with van der Waals surface area (Å²) in [6, 6.07) is 3.14. The van der Waals surface area contributed by atoms with Gasteiger partial charge in [-0.05, 0) is 92.6 Å². The molecule has 55 heavy (non-hydrogen) atoms. The fourth-order valence-electron chi connectivity index (χ4n) is 10.0. The van der Waals surface area contributed by atoms with Gasteiger partial charge in [-0.2, -0.15) is 0 Å². The van der Waals surface area contributed by atoms with E-state index in [4.69, 9.17) is 4.74 Å². The van der Waals surface area contributed by atoms with E-state index in [2.05, 4.69) is 17.6 Å². The SMILES string of the molecule is C[C@@]12CCC(=O)C=C1CC[C@H]1C2CC[C@]2(C)C1CC[C@@]2(O)C(=O)COC(=O)CCC(=O)NCCCCCC(=O)NC(C(=O)O)C(O)c1cccc([N+](=O)[O-])c1. The van der Waals surface area contributed by atoms with Gasteiger partial charge in [0.1, 0.15) is 11.7 Å². The monoisotopic (exact) mass is 767 g/mol. The average Bonchev–Trinajstić information content (AvgIpc) is 3.44. The van der Waals surface area contributed by atoms with Gasteiger partial charge in [0.15, 0.2) is 18.4 Å². The topological polar surface area (TPSA) is 240 Å². The third kappa shape index (κ3) is 8.82. The molecule has 5 rings (SSSR count). The zero-order valence-corrected chi connectivity index (χ0v) is 31.6. The Kier molecular flexibility index (Phi) is 13.0. The first-order chi connectivity index (χ1) is 26.0. The van der Waals surface area contributed by atoms with E-state index in [0.717, 1.165) is 38.2 Å². The first kappa shape index (κ1) is 41.7. The number of fused-ring (bicyclic) bond motifs is 5. The molecular weight excluding hydrogens is 714 g/mol. The van der Waals surface area contributed by atoms with Crippen LogP contribution in [0.1, 0.15) is 115 Å². The summed E-state index contributed by atoms with van der Waals surface area (Å²) in [5.41, 5.74) is -1.37. The number of esters is 1. The lowest BCUT2D eigenvalue weighted by Gasteiger charge is -2.58. The number of carboxylic acid groups (broad SMARTS) is 1. The third-order valence-corrected chi connectivity index (χ3v) is 13.2. The van der Waals surface area contributed by atoms with Gasteiger partial charge in [0.2, 0.25) is 17.6 Å². The van der Waals surface area contributed by atoms with Crippen LogP contribution >= 0.6 is 0 Å². The van der Waals surface area contributed by atoms with Crippen molar-refractivity contribution in [3.63, 3.8) is 0 Å². The van der Waals surface area contributed by atoms with E-state index in [-0.39, 0.29) is 54.2 Å². The number of nitrogens with one attached hydrogen (secondary N) is 2. The van der Waals surface area contributed by atoms with Crippen molar-refractivity contribution in [1.29, 1.82) is 0 Å². The molecule has 0 aliphatic heterocycles. The molecule has 4 aliphatic rings. The first-order valence-corrected chi connectivity index (χ1v) is 19.4. The fourth-order valence-corrected chi connectivity index (χ4v) is 10.0. The van der Waals surface area contributed by atoms with Crippen molar-refractivity contribution >= 4 is 41.0 Å². The minimum absolute atomic E-state index is 0.0223. The largest absolute Gasteiger partial charge is 0.480 e. The number of rotatable bonds is 17. The van der Waals surface area contributed by atoms with Crippen LogP contribution in [0, 0.1) is 38.7 Å². The number of carbonyl (C=O) groups is 6. The first-order valence-electron chi connectivity index (χ1n) is 19.4. The summed E-state index contributed by atoms with van der Waals surface area (Å²) in [5, 5.41) is 47.8. The summed E-state index contributed by atoms with van der Waals surface area (Å²) < 4.78 is 5.25. The van der Waals surface area contributed by atoms with Crippen LogP contribution in [0.2, 0.25) is 0 Å². The number of ketones is 2. The quantitative estimate of drug-likeness (QED) is 0.0654. The van der Waals surface area contributed by atoms with Gasteiger partial charge in [-0.15, -0.1) is 0 Å². The number of nitrogens with zero attached hydrogens (tertiary/aromatic N) is 1. The van der Waals surface area contributed by atoms with Crippen LogP contribution in [0.4, 0.5) is 5.69 Å². The second kappa shape index (κ2) is 17.1. The molecule has 8 atom stereocenters. The maximum Gasteiger partial charge on any atom is 0.329 e. The number of allylic oxidation sites excluding steroid dienone is 1. The number of hydrogen-bond donors (Lipinski definition) is 5. The van der Waals surface area contributed by atoms with Crippen molar-refractivity contribution in [3.8, 4) is 0 Å². The van der Waals surface area contributed by atoms with Crippen LogP contribution in [0.15, 0.2) is 35.9 Å². The van der Waals surface area contributed by atoms with Crippen molar-refractivity contribution in [2.45, 2.75) is 121 Å². The Bertz CT molecular complexity index is 1730. The molecule has 0 bridgehead atoms. The van der Waals surface area contributed by atoms with Crippen molar-refractivity contribution in [1.82, 2.24) is 10.6 Å². The highest BCUT2D eigenvalue weighted by atomic mass is 16.6. The lowest BCUT2D eigenvalue weighted by Crippen LogP contribution is -2.58. The molecule has 3 saturated carbocycles. The van der Waals surface area contributed by atoms with Crippen molar-refractivity contribution in [2.75, 3.05) is 13.2 Å². The van der Waals surface area contributed by atoms with Crippen LogP contribution in [0.5, 0.6) is 0 Å². The highest BCUT2D eigenvalue weighted by Crippen LogP contribution is 2.67. The van der Waals surface area contributed by atoms with Gasteiger partial charge < -0.3 is 30.7 Å². The predicted molar refractivity (Wildman–Crippen MR) is 196 cm³/mol. The summed E-state index contributed by atoms with van der Waals surface area (Å²) in [5.74, 6) is -2.65. The number of aliphatic carboxylic acids is 1. The van der Waals surface area contributed by atoms with Gasteiger partial charge in [0.05, 0.1) is 11.3 Å². The number of nitro groups is 1. The molecule has 0 saturated heterocycles. The minimum atomic E-state index is -1.72. The molecule has 4 unspecified atom stereocenters. The minimum Gasteiger partial charge on any atom is -0.480 e. The molecule has 300 valence electrons. The summed E-state index contributed by atoms with van der Waals surface area (Å²) >= 11 is 0. The van der Waals surface area contributed by atoms with Gasteiger partial charge in [-0.3, -0.25) is 34.1 Å². The Hall–Kier alpha value is -4.50. The molecule has 3 fully saturated rings. The van der Waals surface area contributed by atoms with Gasteiger partial charge >= 0.3 is 11.9 Å². The molecule has 1 aromatic rings. The predicted octanol–water partition coefficient (Wildman–Crippen LogP) is 4.03. The number of aliphatic hydroxyl groups excluding tert-OH is 1. The number of ether oxygens (including phenoxy) is 1. The lowest BCUT2D eigenvalue weighted by molar-refractivity contribution is -0.385. The molecule has 15 heteroatoms. The average molecular weight is 768 g/mol. The standard InChI is InChI=1S/C40H53N3O12/c1-38-17-14-27(44)22-25(38)10-11-28-29(38)15-18-39(2)30(28)16-19-40(39,52)31(45)23-55-34(48)13-12-32(46)41-20-5-3-4-9-33(47)42-35(37(50)51)36(49)24-7-6-8-26(21-24)43(53)54/h6-8,21-22,28-30,35-36,49,52H,3-5,9-20,23H2,1-2H3,(H,41,46)(H,42,47)(H,50,51)/t28-,29?,30?,35?,36?,38+,39+,40+/m0/s1. The highest BCUT2D eigenvalue weighted by Gasteiger charge is 2.66. The molecule has 15 nitrogen and oxygen atoms in total. The molecule has 0 heterocycles. The normalized spacial score (nSPS) is 29.3. The lowest BCUT2D eigenvalue weighted by atomic mass is 9.46. The van der Waals surface area contributed by atoms with E-state index in [1.807, 2.05) is 13.0 Å². The van der Waals surface area contributed by atoms with Crippen LogP contribution in [-0.2, 0) is 33.5 Å². The molecule has 1 aromatic carbocycles. The molecule has 0 radical (unpaired) electrons. The Morgan fingerprint density at radius 2 is 1.71 bits per heavy atom. The number of carbonyl (C=O) groups excluding carboxylic acids is 5. The number of amides is 2. The fraction of sp³-hybridized carbons (Fsp3) is 0.650. The second-order valence-electron chi connectivity index (χ2n) is 16.2. The zero-order valence-electron chi connectivity index (χ0n) is 31.6. The number of Topliss-reactive ketones (excluding diaryl/α,β-unsaturated/α-hetero) is 1. The number of nitro benzene ring substituents is 1. The van der Waals surface area contributed by atoms with E-state index >= 15 is 0 Å². The number of aliphatic hydroxyl groups is 2. The third-order valence-electron chi connectivity index (χ3n) is 13.2. The van der Waals surface area contributed by atoms with E-state index < -0.39 is 64.2 Å². The van der Waals surface area contributed by atoms with Gasteiger partial charge in [-0.1, -0.05) is 38.0 Å². The zero-order chi connectivity index (χ0) is 40.1. The summed E-state index contributed by atoms with van der Waals surface area (Å²) in [4.78, 5) is 84.9. The van der Waals surface area contributed by atoms with Gasteiger partial charge in [0.25, 0.3) is 5.69 Å². The maximum atomic E-state index is 13.5. The van der Waals surface area contributed by atoms with Crippen LogP contribution in [-0.4, -0.2) is 80.4 Å². The maximum absolute atomic E-state index is 13.5. The Morgan fingerprint density at radius 3 is 2.44 bits per heavy atom. The van der Waals surface area contributed by atoms with Crippen molar-refractivity contribution in [2.24, 2.45) is 28.6 Å². The Balaban J connectivity index is 0.974. The van der Waals surface area contributed by atoms with Gasteiger partial charge in [-0.25, -0.2) is 4.79 Å². The van der Waals surface area contributed by atoms with Crippen LogP contribution in [0.3, 0.4) is 0 Å². The molecular formula is C40H53N3O12. The summed E-state index contributed by atoms with van der Waals surface area (Å²) in [7, 11) is 0. The number of hydrogen-bond acceptors (Lipinski definition) is 11. The Labute approximate surface area is 319 Å². The van der Waals surface area contributed by atoms with E-state index in [0.29, 0.717) is 50.4 Å². The molecule has 4 aliphatic carbocycles. The molecule has 0 spiro atoms. The van der Waals surface area contributed by atoms with E-state index in [1.165, 1.54) is 23.8 Å². The number of unbranched alkanes of at least 4 members (excludes halogenated alkanes) is 2. The van der Waals surface area contributed by atoms with E-state index in [9.17, 15) is 54.2 Å². The van der Waals surface area contributed by atoms with Crippen LogP contribution < -0.4 is 10.6 Å². The van der Waals surface area contributed by atoms with Gasteiger partial charge in [0, 0.05) is 43.4 Å². The van der Waals surface area contributed by atoms with E-state index in [1.54, 1.807) is 0 Å². The molecule has 5 N–H and O–H groups in total. The second-order valence-corrected chi connectivity index (χ2v) is 16.2. The Morgan fingerprint density at radius 1 is 0.964 bits per heavy atom. The highest BCUT2D eigenvalue weighted by molar-refractivity contribution is 5.92. The molecule has 2 amide bonds. The summed E-state index contributed by atoms with van der Waals surface area (Å²) in [6.07, 6.45) is 6.83. The van der Waals surface area contributed by atoms with Crippen molar-refractivity contribution in [3.05, 3.63) is 51.6 Å². The smallest absolute Gasteiger partial charge is 0.329 e. The van der Waals surface area contributed by atoms with Crippen molar-refractivity contribution < 1.29 is 53.7 Å².